The zero-order chi connectivity index (χ0) is 46.4. The van der Waals surface area contributed by atoms with Gasteiger partial charge >= 0.3 is 0 Å². The molecule has 0 aliphatic heterocycles. The summed E-state index contributed by atoms with van der Waals surface area (Å²) in [7, 11) is 0. The summed E-state index contributed by atoms with van der Waals surface area (Å²) in [5.41, 5.74) is 0. The number of unbranched alkanes of at least 4 members (excludes halogenated alkanes) is 20. The molecule has 4 atom stereocenters. The standard InChI is InChI=1S/C52H104N2O6S3/c1-5-9-13-17-21-25-31-47(55)43-53(44-48(56)32-26-22-18-14-10-6-2)37-29-35-51(59)62-41-39-61-40-42-63-52(60)36-30-38-54(45-49(57)33-27-23-19-15-11-7-3)46-50(58)34-28-24-20-16-12-8-4/h47-50,55-58H,5-46H2,1-4H3. The zero-order valence-corrected chi connectivity index (χ0v) is 44.2. The Morgan fingerprint density at radius 2 is 0.619 bits per heavy atom. The number of rotatable bonds is 50. The molecule has 0 spiro atoms. The predicted molar refractivity (Wildman–Crippen MR) is 280 cm³/mol. The molecule has 0 heterocycles. The Kier molecular flexibility index (Phi) is 48.7. The van der Waals surface area contributed by atoms with Crippen LogP contribution >= 0.6 is 35.3 Å². The Labute approximate surface area is 403 Å². The third-order valence-electron chi connectivity index (χ3n) is 12.1. The third kappa shape index (κ3) is 45.7. The van der Waals surface area contributed by atoms with Crippen molar-refractivity contribution in [3.8, 4) is 0 Å². The van der Waals surface area contributed by atoms with E-state index in [1.165, 1.54) is 126 Å². The van der Waals surface area contributed by atoms with Crippen molar-refractivity contribution < 1.29 is 30.0 Å². The summed E-state index contributed by atoms with van der Waals surface area (Å²) in [6, 6.07) is 0. The quantitative estimate of drug-likeness (QED) is 0.0436. The lowest BCUT2D eigenvalue weighted by Gasteiger charge is -2.27. The van der Waals surface area contributed by atoms with Gasteiger partial charge in [0.2, 0.25) is 0 Å². The van der Waals surface area contributed by atoms with Crippen molar-refractivity contribution in [3.05, 3.63) is 0 Å². The van der Waals surface area contributed by atoms with E-state index in [-0.39, 0.29) is 10.2 Å². The number of carbonyl (C=O) groups excluding carboxylic acids is 2. The van der Waals surface area contributed by atoms with Crippen LogP contribution in [0.2, 0.25) is 0 Å². The minimum absolute atomic E-state index is 0.208. The van der Waals surface area contributed by atoms with E-state index in [2.05, 4.69) is 37.5 Å². The first-order valence-electron chi connectivity index (χ1n) is 26.7. The van der Waals surface area contributed by atoms with Crippen LogP contribution in [-0.2, 0) is 9.59 Å². The average Bonchev–Trinajstić information content (AvgIpc) is 3.25. The van der Waals surface area contributed by atoms with Crippen molar-refractivity contribution in [1.29, 1.82) is 0 Å². The number of aliphatic hydroxyl groups is 4. The minimum atomic E-state index is -0.396. The maximum Gasteiger partial charge on any atom is 0.189 e. The van der Waals surface area contributed by atoms with Crippen molar-refractivity contribution in [3.63, 3.8) is 0 Å². The van der Waals surface area contributed by atoms with Gasteiger partial charge in [0.15, 0.2) is 10.2 Å². The van der Waals surface area contributed by atoms with E-state index in [0.717, 1.165) is 113 Å². The molecule has 11 heteroatoms. The van der Waals surface area contributed by atoms with Gasteiger partial charge in [-0.05, 0) is 51.6 Å². The highest BCUT2D eigenvalue weighted by Crippen LogP contribution is 2.18. The second kappa shape index (κ2) is 48.6. The smallest absolute Gasteiger partial charge is 0.189 e. The van der Waals surface area contributed by atoms with Gasteiger partial charge in [-0.1, -0.05) is 205 Å². The molecule has 376 valence electrons. The fraction of sp³-hybridized carbons (Fsp3) is 0.962. The molecular weight excluding hydrogens is 845 g/mol. The molecule has 0 saturated heterocycles. The fourth-order valence-electron chi connectivity index (χ4n) is 8.28. The number of nitrogens with zero attached hydrogens (tertiary/aromatic N) is 2. The Hall–Kier alpha value is 0.150. The molecule has 0 aliphatic rings. The number of hydrogen-bond donors (Lipinski definition) is 4. The van der Waals surface area contributed by atoms with Gasteiger partial charge in [-0.2, -0.15) is 11.8 Å². The molecule has 0 aromatic rings. The van der Waals surface area contributed by atoms with Crippen LogP contribution < -0.4 is 0 Å². The van der Waals surface area contributed by atoms with Gasteiger partial charge in [0.05, 0.1) is 24.4 Å². The Morgan fingerprint density at radius 3 is 0.889 bits per heavy atom. The lowest BCUT2D eigenvalue weighted by atomic mass is 10.1. The van der Waals surface area contributed by atoms with Crippen LogP contribution in [0.25, 0.3) is 0 Å². The van der Waals surface area contributed by atoms with Crippen molar-refractivity contribution in [2.24, 2.45) is 0 Å². The first-order chi connectivity index (χ1) is 30.6. The zero-order valence-electron chi connectivity index (χ0n) is 41.7. The second-order valence-corrected chi connectivity index (χ2v) is 22.1. The Balaban J connectivity index is 4.51. The summed E-state index contributed by atoms with van der Waals surface area (Å²) < 4.78 is 0. The highest BCUT2D eigenvalue weighted by atomic mass is 32.2. The largest absolute Gasteiger partial charge is 0.392 e. The van der Waals surface area contributed by atoms with Gasteiger partial charge in [-0.25, -0.2) is 0 Å². The lowest BCUT2D eigenvalue weighted by Crippen LogP contribution is -2.38. The predicted octanol–water partition coefficient (Wildman–Crippen LogP) is 12.8. The first-order valence-corrected chi connectivity index (χ1v) is 29.8. The molecule has 63 heavy (non-hydrogen) atoms. The van der Waals surface area contributed by atoms with E-state index >= 15 is 0 Å². The SMILES string of the molecule is CCCCCCCCC(O)CN(CCCC(=O)SCCSCCSC(=O)CCCN(CC(O)CCCCCCCC)CC(O)CCCCCCCC)CC(O)CCCCCCCC. The summed E-state index contributed by atoms with van der Waals surface area (Å²) in [6.45, 7) is 12.6. The molecule has 0 aromatic heterocycles. The molecular formula is C52H104N2O6S3. The fourth-order valence-corrected chi connectivity index (χ4v) is 11.1. The molecule has 0 aromatic carbocycles. The summed E-state index contributed by atoms with van der Waals surface area (Å²) in [5, 5.41) is 43.8. The summed E-state index contributed by atoms with van der Waals surface area (Å²) in [4.78, 5) is 29.9. The topological polar surface area (TPSA) is 122 Å². The van der Waals surface area contributed by atoms with E-state index in [0.29, 0.717) is 52.1 Å². The van der Waals surface area contributed by atoms with Crippen LogP contribution in [0.15, 0.2) is 0 Å². The summed E-state index contributed by atoms with van der Waals surface area (Å²) >= 11 is 4.60. The average molecular weight is 950 g/mol. The van der Waals surface area contributed by atoms with Crippen LogP contribution in [-0.4, -0.2) is 127 Å². The molecule has 0 amide bonds. The van der Waals surface area contributed by atoms with E-state index in [4.69, 9.17) is 0 Å². The molecule has 4 N–H and O–H groups in total. The third-order valence-corrected chi connectivity index (χ3v) is 15.5. The van der Waals surface area contributed by atoms with Gasteiger partial charge in [0.25, 0.3) is 0 Å². The van der Waals surface area contributed by atoms with E-state index in [1.54, 1.807) is 11.8 Å². The van der Waals surface area contributed by atoms with E-state index < -0.39 is 24.4 Å². The van der Waals surface area contributed by atoms with Crippen LogP contribution in [0.3, 0.4) is 0 Å². The normalized spacial score (nSPS) is 13.9. The van der Waals surface area contributed by atoms with Crippen molar-refractivity contribution in [2.45, 2.75) is 258 Å². The molecule has 8 nitrogen and oxygen atoms in total. The maximum absolute atomic E-state index is 12.7. The van der Waals surface area contributed by atoms with Gasteiger partial charge < -0.3 is 20.4 Å². The van der Waals surface area contributed by atoms with E-state index in [1.807, 2.05) is 0 Å². The van der Waals surface area contributed by atoms with E-state index in [9.17, 15) is 30.0 Å². The number of thioether (sulfide) groups is 3. The number of aliphatic hydroxyl groups excluding tert-OH is 4. The summed E-state index contributed by atoms with van der Waals surface area (Å²) in [6.07, 6.45) is 33.0. The van der Waals surface area contributed by atoms with Crippen LogP contribution in [0.5, 0.6) is 0 Å². The number of carbonyl (C=O) groups is 2. The lowest BCUT2D eigenvalue weighted by molar-refractivity contribution is -0.111. The second-order valence-electron chi connectivity index (χ2n) is 18.6. The van der Waals surface area contributed by atoms with Gasteiger partial charge in [-0.3, -0.25) is 19.4 Å². The Morgan fingerprint density at radius 1 is 0.365 bits per heavy atom. The molecule has 0 radical (unpaired) electrons. The van der Waals surface area contributed by atoms with Gasteiger partial charge in [0.1, 0.15) is 0 Å². The number of hydrogen-bond acceptors (Lipinski definition) is 11. The first kappa shape index (κ1) is 63.1. The monoisotopic (exact) mass is 949 g/mol. The van der Waals surface area contributed by atoms with Gasteiger partial charge in [-0.15, -0.1) is 0 Å². The van der Waals surface area contributed by atoms with Crippen molar-refractivity contribution >= 4 is 45.5 Å². The van der Waals surface area contributed by atoms with Crippen LogP contribution in [0, 0.1) is 0 Å². The molecule has 0 aliphatic carbocycles. The van der Waals surface area contributed by atoms with Gasteiger partial charge in [0, 0.05) is 62.0 Å². The highest BCUT2D eigenvalue weighted by molar-refractivity contribution is 8.15. The van der Waals surface area contributed by atoms with Crippen molar-refractivity contribution in [1.82, 2.24) is 9.80 Å². The summed E-state index contributed by atoms with van der Waals surface area (Å²) in [5.74, 6) is 3.29. The van der Waals surface area contributed by atoms with Crippen LogP contribution in [0.1, 0.15) is 233 Å². The van der Waals surface area contributed by atoms with Crippen molar-refractivity contribution in [2.75, 3.05) is 62.3 Å². The minimum Gasteiger partial charge on any atom is -0.392 e. The molecule has 0 saturated carbocycles. The molecule has 4 unspecified atom stereocenters. The molecule has 0 rings (SSSR count). The Bertz CT molecular complexity index is 862. The van der Waals surface area contributed by atoms with Crippen LogP contribution in [0.4, 0.5) is 0 Å². The maximum atomic E-state index is 12.7. The molecule has 0 bridgehead atoms. The molecule has 0 fully saturated rings. The highest BCUT2D eigenvalue weighted by Gasteiger charge is 2.18.